The Kier molecular flexibility index (Phi) is 4.87. The number of hydrogen-bond acceptors (Lipinski definition) is 7. The van der Waals surface area contributed by atoms with Gasteiger partial charge in [0.15, 0.2) is 6.23 Å². The van der Waals surface area contributed by atoms with Crippen molar-refractivity contribution in [1.82, 2.24) is 19.7 Å². The lowest BCUT2D eigenvalue weighted by atomic mass is 10.2. The summed E-state index contributed by atoms with van der Waals surface area (Å²) in [7, 11) is 0. The van der Waals surface area contributed by atoms with E-state index in [0.717, 1.165) is 58.0 Å². The second-order valence-corrected chi connectivity index (χ2v) is 8.13. The number of nitrogens with two attached hydrogens (primary N) is 1. The SMILES string of the molecule is Nc1cc(NCc2ccccn2)c2sc(-c3ccnn3C3CCCCO3)cc2n1. The van der Waals surface area contributed by atoms with Gasteiger partial charge < -0.3 is 15.8 Å². The van der Waals surface area contributed by atoms with Gasteiger partial charge in [-0.1, -0.05) is 6.07 Å². The van der Waals surface area contributed by atoms with Crippen LogP contribution in [0, 0.1) is 0 Å². The van der Waals surface area contributed by atoms with Gasteiger partial charge in [-0.3, -0.25) is 4.98 Å². The predicted octanol–water partition coefficient (Wildman–Crippen LogP) is 4.45. The molecule has 29 heavy (non-hydrogen) atoms. The molecule has 4 aromatic rings. The Balaban J connectivity index is 1.48. The van der Waals surface area contributed by atoms with Crippen molar-refractivity contribution in [2.75, 3.05) is 17.7 Å². The van der Waals surface area contributed by atoms with Crippen molar-refractivity contribution in [1.29, 1.82) is 0 Å². The van der Waals surface area contributed by atoms with Crippen molar-refractivity contribution in [3.8, 4) is 10.6 Å². The molecule has 0 spiro atoms. The molecule has 5 heterocycles. The van der Waals surface area contributed by atoms with E-state index in [1.54, 1.807) is 17.5 Å². The molecule has 8 heteroatoms. The fourth-order valence-corrected chi connectivity index (χ4v) is 4.75. The molecule has 1 aliphatic rings. The highest BCUT2D eigenvalue weighted by atomic mass is 32.1. The Bertz CT molecular complexity index is 1120. The number of fused-ring (bicyclic) bond motifs is 1. The van der Waals surface area contributed by atoms with Gasteiger partial charge in [0.1, 0.15) is 5.82 Å². The van der Waals surface area contributed by atoms with Crippen molar-refractivity contribution in [2.45, 2.75) is 32.0 Å². The van der Waals surface area contributed by atoms with Crippen LogP contribution in [0.5, 0.6) is 0 Å². The first-order chi connectivity index (χ1) is 14.3. The number of nitrogens with zero attached hydrogens (tertiary/aromatic N) is 4. The van der Waals surface area contributed by atoms with Crippen molar-refractivity contribution in [3.05, 3.63) is 54.5 Å². The van der Waals surface area contributed by atoms with Gasteiger partial charge in [-0.05, 0) is 43.5 Å². The molecule has 1 aliphatic heterocycles. The Hall–Kier alpha value is -2.97. The molecule has 7 nitrogen and oxygen atoms in total. The number of rotatable bonds is 5. The minimum Gasteiger partial charge on any atom is -0.384 e. The number of ether oxygens (including phenoxy) is 1. The van der Waals surface area contributed by atoms with E-state index in [9.17, 15) is 0 Å². The van der Waals surface area contributed by atoms with E-state index in [1.165, 1.54) is 0 Å². The van der Waals surface area contributed by atoms with E-state index in [1.807, 2.05) is 41.2 Å². The molecular formula is C21H22N6OS. The molecule has 1 unspecified atom stereocenters. The van der Waals surface area contributed by atoms with Crippen LogP contribution in [-0.4, -0.2) is 26.4 Å². The lowest BCUT2D eigenvalue weighted by Gasteiger charge is -2.24. The second-order valence-electron chi connectivity index (χ2n) is 7.08. The van der Waals surface area contributed by atoms with Crippen LogP contribution in [0.4, 0.5) is 11.5 Å². The van der Waals surface area contributed by atoms with Crippen LogP contribution in [-0.2, 0) is 11.3 Å². The van der Waals surface area contributed by atoms with Gasteiger partial charge in [0.05, 0.1) is 38.7 Å². The Morgan fingerprint density at radius 2 is 2.17 bits per heavy atom. The van der Waals surface area contributed by atoms with Crippen LogP contribution in [0.1, 0.15) is 31.2 Å². The fourth-order valence-electron chi connectivity index (χ4n) is 3.64. The molecule has 0 saturated carbocycles. The molecule has 0 aromatic carbocycles. The summed E-state index contributed by atoms with van der Waals surface area (Å²) in [4.78, 5) is 10.0. The predicted molar refractivity (Wildman–Crippen MR) is 116 cm³/mol. The Morgan fingerprint density at radius 3 is 3.00 bits per heavy atom. The second kappa shape index (κ2) is 7.81. The summed E-state index contributed by atoms with van der Waals surface area (Å²) in [5.74, 6) is 0.495. The molecule has 148 valence electrons. The Morgan fingerprint density at radius 1 is 1.21 bits per heavy atom. The molecule has 4 aromatic heterocycles. The van der Waals surface area contributed by atoms with Crippen LogP contribution in [0.25, 0.3) is 20.8 Å². The minimum atomic E-state index is -0.00117. The van der Waals surface area contributed by atoms with Crippen molar-refractivity contribution in [3.63, 3.8) is 0 Å². The molecule has 1 atom stereocenters. The van der Waals surface area contributed by atoms with E-state index in [-0.39, 0.29) is 6.23 Å². The number of thiophene rings is 1. The van der Waals surface area contributed by atoms with Gasteiger partial charge >= 0.3 is 0 Å². The minimum absolute atomic E-state index is 0.00117. The zero-order valence-corrected chi connectivity index (χ0v) is 16.7. The lowest BCUT2D eigenvalue weighted by Crippen LogP contribution is -2.19. The Labute approximate surface area is 172 Å². The number of anilines is 2. The van der Waals surface area contributed by atoms with Crippen molar-refractivity contribution < 1.29 is 4.74 Å². The van der Waals surface area contributed by atoms with E-state index < -0.39 is 0 Å². The van der Waals surface area contributed by atoms with E-state index in [0.29, 0.717) is 12.4 Å². The smallest absolute Gasteiger partial charge is 0.150 e. The zero-order valence-electron chi connectivity index (χ0n) is 15.9. The summed E-state index contributed by atoms with van der Waals surface area (Å²) in [6.07, 6.45) is 6.89. The molecule has 5 rings (SSSR count). The number of nitrogen functional groups attached to an aromatic ring is 1. The van der Waals surface area contributed by atoms with E-state index in [2.05, 4.69) is 26.4 Å². The summed E-state index contributed by atoms with van der Waals surface area (Å²) in [6.45, 7) is 1.41. The fraction of sp³-hybridized carbons (Fsp3) is 0.286. The molecule has 3 N–H and O–H groups in total. The summed E-state index contributed by atoms with van der Waals surface area (Å²) < 4.78 is 9.01. The third-order valence-electron chi connectivity index (χ3n) is 5.04. The maximum atomic E-state index is 6.07. The highest BCUT2D eigenvalue weighted by Gasteiger charge is 2.21. The van der Waals surface area contributed by atoms with Crippen LogP contribution in [0.15, 0.2) is 48.8 Å². The van der Waals surface area contributed by atoms with E-state index >= 15 is 0 Å². The average Bonchev–Trinajstić information content (AvgIpc) is 3.40. The number of aromatic nitrogens is 4. The molecule has 1 saturated heterocycles. The number of hydrogen-bond donors (Lipinski definition) is 2. The quantitative estimate of drug-likeness (QED) is 0.509. The maximum Gasteiger partial charge on any atom is 0.150 e. The van der Waals surface area contributed by atoms with Crippen LogP contribution in [0.2, 0.25) is 0 Å². The largest absolute Gasteiger partial charge is 0.384 e. The highest BCUT2D eigenvalue weighted by Crippen LogP contribution is 2.39. The normalized spacial score (nSPS) is 16.9. The molecule has 0 amide bonds. The van der Waals surface area contributed by atoms with Gasteiger partial charge in [0.2, 0.25) is 0 Å². The molecule has 0 aliphatic carbocycles. The molecule has 0 radical (unpaired) electrons. The summed E-state index contributed by atoms with van der Waals surface area (Å²) in [6, 6.07) is 11.9. The van der Waals surface area contributed by atoms with E-state index in [4.69, 9.17) is 10.5 Å². The summed E-state index contributed by atoms with van der Waals surface area (Å²) >= 11 is 1.69. The summed E-state index contributed by atoms with van der Waals surface area (Å²) in [5, 5.41) is 7.99. The number of pyridine rings is 2. The lowest BCUT2D eigenvalue weighted by molar-refractivity contribution is -0.0383. The first-order valence-corrected chi connectivity index (χ1v) is 10.6. The van der Waals surface area contributed by atoms with Gasteiger partial charge in [0, 0.05) is 25.1 Å². The van der Waals surface area contributed by atoms with Gasteiger partial charge in [-0.25, -0.2) is 9.67 Å². The standard InChI is InChI=1S/C21H22N6OS/c22-19-12-15(24-13-14-5-1-3-8-23-14)21-16(26-19)11-18(29-21)17-7-9-25-27(17)20-6-2-4-10-28-20/h1,3,5,7-9,11-12,20H,2,4,6,10,13H2,(H3,22,24,26). The maximum absolute atomic E-state index is 6.07. The zero-order chi connectivity index (χ0) is 19.6. The first kappa shape index (κ1) is 18.1. The van der Waals surface area contributed by atoms with Gasteiger partial charge in [0.25, 0.3) is 0 Å². The van der Waals surface area contributed by atoms with Crippen LogP contribution >= 0.6 is 11.3 Å². The molecular weight excluding hydrogens is 384 g/mol. The van der Waals surface area contributed by atoms with Crippen LogP contribution in [0.3, 0.4) is 0 Å². The summed E-state index contributed by atoms with van der Waals surface area (Å²) in [5.41, 5.74) is 9.94. The highest BCUT2D eigenvalue weighted by molar-refractivity contribution is 7.22. The van der Waals surface area contributed by atoms with Gasteiger partial charge in [-0.15, -0.1) is 11.3 Å². The van der Waals surface area contributed by atoms with Crippen molar-refractivity contribution >= 4 is 33.1 Å². The van der Waals surface area contributed by atoms with Gasteiger partial charge in [-0.2, -0.15) is 5.10 Å². The topological polar surface area (TPSA) is 90.9 Å². The number of nitrogens with one attached hydrogen (secondary N) is 1. The third kappa shape index (κ3) is 3.68. The molecule has 0 bridgehead atoms. The van der Waals surface area contributed by atoms with Crippen LogP contribution < -0.4 is 11.1 Å². The van der Waals surface area contributed by atoms with Crippen molar-refractivity contribution in [2.24, 2.45) is 0 Å². The average molecular weight is 407 g/mol. The third-order valence-corrected chi connectivity index (χ3v) is 6.22. The molecule has 1 fully saturated rings. The monoisotopic (exact) mass is 406 g/mol. The first-order valence-electron chi connectivity index (χ1n) is 9.77.